The fourth-order valence-electron chi connectivity index (χ4n) is 3.20. The summed E-state index contributed by atoms with van der Waals surface area (Å²) in [5, 5.41) is 13.3. The minimum atomic E-state index is -4.02. The second kappa shape index (κ2) is 10.2. The van der Waals surface area contributed by atoms with Crippen molar-refractivity contribution in [2.24, 2.45) is 0 Å². The predicted molar refractivity (Wildman–Crippen MR) is 118 cm³/mol. The van der Waals surface area contributed by atoms with Gasteiger partial charge < -0.3 is 10.4 Å². The Labute approximate surface area is 181 Å². The molecule has 7 nitrogen and oxygen atoms in total. The number of carboxylic acids is 1. The van der Waals surface area contributed by atoms with Crippen LogP contribution < -0.4 is 10.0 Å². The summed E-state index contributed by atoms with van der Waals surface area (Å²) < 4.78 is 28.2. The van der Waals surface area contributed by atoms with Gasteiger partial charge in [-0.3, -0.25) is 9.59 Å². The molecule has 3 aromatic rings. The van der Waals surface area contributed by atoms with Crippen LogP contribution in [-0.2, 0) is 26.0 Å². The third kappa shape index (κ3) is 6.37. The highest BCUT2D eigenvalue weighted by atomic mass is 32.2. The van der Waals surface area contributed by atoms with Gasteiger partial charge in [0.25, 0.3) is 0 Å². The summed E-state index contributed by atoms with van der Waals surface area (Å²) in [5.74, 6) is -1.66. The van der Waals surface area contributed by atoms with Crippen molar-refractivity contribution in [2.75, 3.05) is 6.54 Å². The molecule has 0 spiro atoms. The maximum Gasteiger partial charge on any atom is 0.303 e. The van der Waals surface area contributed by atoms with Crippen molar-refractivity contribution >= 4 is 32.7 Å². The summed E-state index contributed by atoms with van der Waals surface area (Å²) in [6.45, 7) is 0.310. The Morgan fingerprint density at radius 3 is 2.29 bits per heavy atom. The first kappa shape index (κ1) is 22.5. The van der Waals surface area contributed by atoms with Crippen LogP contribution >= 0.6 is 0 Å². The van der Waals surface area contributed by atoms with Gasteiger partial charge in [-0.25, -0.2) is 8.42 Å². The van der Waals surface area contributed by atoms with Gasteiger partial charge in [0.15, 0.2) is 0 Å². The van der Waals surface area contributed by atoms with Crippen molar-refractivity contribution in [1.29, 1.82) is 0 Å². The summed E-state index contributed by atoms with van der Waals surface area (Å²) >= 11 is 0. The largest absolute Gasteiger partial charge is 0.481 e. The normalized spacial score (nSPS) is 12.4. The van der Waals surface area contributed by atoms with E-state index in [1.54, 1.807) is 12.1 Å². The van der Waals surface area contributed by atoms with Crippen LogP contribution in [0.2, 0.25) is 0 Å². The highest BCUT2D eigenvalue weighted by molar-refractivity contribution is 7.89. The smallest absolute Gasteiger partial charge is 0.303 e. The fraction of sp³-hybridized carbons (Fsp3) is 0.217. The van der Waals surface area contributed by atoms with Crippen molar-refractivity contribution in [1.82, 2.24) is 10.0 Å². The number of amides is 1. The predicted octanol–water partition coefficient (Wildman–Crippen LogP) is 2.71. The van der Waals surface area contributed by atoms with Crippen LogP contribution in [0.3, 0.4) is 0 Å². The Hall–Kier alpha value is -3.23. The van der Waals surface area contributed by atoms with E-state index in [4.69, 9.17) is 5.11 Å². The van der Waals surface area contributed by atoms with E-state index >= 15 is 0 Å². The van der Waals surface area contributed by atoms with E-state index in [2.05, 4.69) is 10.0 Å². The molecule has 0 unspecified atom stereocenters. The van der Waals surface area contributed by atoms with Crippen molar-refractivity contribution in [2.45, 2.75) is 30.2 Å². The second-order valence-corrected chi connectivity index (χ2v) is 8.86. The van der Waals surface area contributed by atoms with Crippen LogP contribution in [0.1, 0.15) is 18.4 Å². The number of fused-ring (bicyclic) bond motifs is 1. The van der Waals surface area contributed by atoms with Gasteiger partial charge in [0.2, 0.25) is 15.9 Å². The Kier molecular flexibility index (Phi) is 7.38. The number of carbonyl (C=O) groups is 2. The van der Waals surface area contributed by atoms with E-state index in [0.29, 0.717) is 13.0 Å². The highest BCUT2D eigenvalue weighted by Gasteiger charge is 2.26. The Morgan fingerprint density at radius 2 is 1.58 bits per heavy atom. The van der Waals surface area contributed by atoms with E-state index in [0.717, 1.165) is 16.3 Å². The molecular formula is C23H24N2O5S. The van der Waals surface area contributed by atoms with E-state index < -0.39 is 27.9 Å². The monoisotopic (exact) mass is 440 g/mol. The van der Waals surface area contributed by atoms with E-state index in [1.807, 2.05) is 48.5 Å². The molecule has 162 valence electrons. The van der Waals surface area contributed by atoms with Gasteiger partial charge in [-0.05, 0) is 41.3 Å². The molecule has 8 heteroatoms. The summed E-state index contributed by atoms with van der Waals surface area (Å²) in [7, 11) is -4.02. The lowest BCUT2D eigenvalue weighted by atomic mass is 10.1. The molecule has 0 aromatic heterocycles. The van der Waals surface area contributed by atoms with Crippen LogP contribution in [0.15, 0.2) is 77.7 Å². The van der Waals surface area contributed by atoms with Crippen LogP contribution in [0, 0.1) is 0 Å². The minimum absolute atomic E-state index is 0.0172. The van der Waals surface area contributed by atoms with Gasteiger partial charge in [0.1, 0.15) is 6.04 Å². The topological polar surface area (TPSA) is 113 Å². The van der Waals surface area contributed by atoms with Gasteiger partial charge in [-0.15, -0.1) is 0 Å². The zero-order chi connectivity index (χ0) is 22.3. The fourth-order valence-corrected chi connectivity index (χ4v) is 4.46. The SMILES string of the molecule is O=C(O)CC[C@H](NS(=O)(=O)c1ccc2ccccc2c1)C(=O)NCCc1ccccc1. The van der Waals surface area contributed by atoms with Crippen LogP contribution in [0.5, 0.6) is 0 Å². The summed E-state index contributed by atoms with van der Waals surface area (Å²) in [6, 6.07) is 20.4. The minimum Gasteiger partial charge on any atom is -0.481 e. The molecule has 3 aromatic carbocycles. The lowest BCUT2D eigenvalue weighted by Crippen LogP contribution is -2.47. The summed E-state index contributed by atoms with van der Waals surface area (Å²) in [6.07, 6.45) is 0.0893. The van der Waals surface area contributed by atoms with Crippen molar-refractivity contribution < 1.29 is 23.1 Å². The maximum atomic E-state index is 12.9. The molecule has 0 heterocycles. The average Bonchev–Trinajstić information content (AvgIpc) is 2.76. The number of carboxylic acid groups (broad SMARTS) is 1. The van der Waals surface area contributed by atoms with Crippen molar-refractivity contribution in [3.05, 3.63) is 78.4 Å². The van der Waals surface area contributed by atoms with Crippen molar-refractivity contribution in [3.63, 3.8) is 0 Å². The molecule has 0 aliphatic rings. The van der Waals surface area contributed by atoms with Gasteiger partial charge in [0.05, 0.1) is 4.90 Å². The van der Waals surface area contributed by atoms with Crippen LogP contribution in [0.4, 0.5) is 0 Å². The number of benzene rings is 3. The zero-order valence-corrected chi connectivity index (χ0v) is 17.6. The lowest BCUT2D eigenvalue weighted by Gasteiger charge is -2.18. The molecule has 1 amide bonds. The molecule has 0 saturated carbocycles. The number of hydrogen-bond acceptors (Lipinski definition) is 4. The maximum absolute atomic E-state index is 12.9. The van der Waals surface area contributed by atoms with Gasteiger partial charge in [-0.2, -0.15) is 4.72 Å². The van der Waals surface area contributed by atoms with Gasteiger partial charge >= 0.3 is 5.97 Å². The first-order valence-electron chi connectivity index (χ1n) is 9.90. The number of sulfonamides is 1. The quantitative estimate of drug-likeness (QED) is 0.449. The molecule has 31 heavy (non-hydrogen) atoms. The lowest BCUT2D eigenvalue weighted by molar-refractivity contribution is -0.137. The van der Waals surface area contributed by atoms with Gasteiger partial charge in [-0.1, -0.05) is 60.7 Å². The molecule has 0 bridgehead atoms. The molecule has 0 saturated heterocycles. The standard InChI is InChI=1S/C23H24N2O5S/c26-22(27)13-12-21(23(28)24-15-14-17-6-2-1-3-7-17)25-31(29,30)20-11-10-18-8-4-5-9-19(18)16-20/h1-11,16,21,25H,12-15H2,(H,24,28)(H,26,27)/t21-/m0/s1. The third-order valence-electron chi connectivity index (χ3n) is 4.85. The summed E-state index contributed by atoms with van der Waals surface area (Å²) in [4.78, 5) is 23.7. The first-order chi connectivity index (χ1) is 14.8. The number of rotatable bonds is 10. The first-order valence-corrected chi connectivity index (χ1v) is 11.4. The Morgan fingerprint density at radius 1 is 0.903 bits per heavy atom. The van der Waals surface area contributed by atoms with E-state index in [-0.39, 0.29) is 17.7 Å². The number of nitrogens with one attached hydrogen (secondary N) is 2. The molecule has 0 aliphatic carbocycles. The molecule has 3 N–H and O–H groups in total. The molecular weight excluding hydrogens is 416 g/mol. The van der Waals surface area contributed by atoms with E-state index in [1.165, 1.54) is 12.1 Å². The second-order valence-electron chi connectivity index (χ2n) is 7.14. The molecule has 0 radical (unpaired) electrons. The van der Waals surface area contributed by atoms with Crippen LogP contribution in [0.25, 0.3) is 10.8 Å². The zero-order valence-electron chi connectivity index (χ0n) is 16.8. The number of aliphatic carboxylic acids is 1. The third-order valence-corrected chi connectivity index (χ3v) is 6.32. The average molecular weight is 441 g/mol. The van der Waals surface area contributed by atoms with E-state index in [9.17, 15) is 18.0 Å². The highest BCUT2D eigenvalue weighted by Crippen LogP contribution is 2.19. The molecule has 1 atom stereocenters. The Balaban J connectivity index is 1.71. The summed E-state index contributed by atoms with van der Waals surface area (Å²) in [5.41, 5.74) is 1.03. The number of carbonyl (C=O) groups excluding carboxylic acids is 1. The van der Waals surface area contributed by atoms with Gasteiger partial charge in [0, 0.05) is 13.0 Å². The van der Waals surface area contributed by atoms with Crippen LogP contribution in [-0.4, -0.2) is 38.0 Å². The molecule has 3 rings (SSSR count). The molecule has 0 aliphatic heterocycles. The number of hydrogen-bond donors (Lipinski definition) is 3. The Bertz CT molecular complexity index is 1160. The molecule has 0 fully saturated rings. The van der Waals surface area contributed by atoms with Crippen molar-refractivity contribution in [3.8, 4) is 0 Å².